The highest BCUT2D eigenvalue weighted by atomic mass is 32.1. The molecule has 1 aliphatic rings. The second-order valence-corrected chi connectivity index (χ2v) is 7.93. The molecule has 1 N–H and O–H groups in total. The minimum atomic E-state index is -0.166. The molecule has 0 saturated carbocycles. The molecule has 1 aliphatic heterocycles. The van der Waals surface area contributed by atoms with E-state index >= 15 is 0 Å². The smallest absolute Gasteiger partial charge is 0.244 e. The Kier molecular flexibility index (Phi) is 6.38. The van der Waals surface area contributed by atoms with E-state index < -0.39 is 0 Å². The highest BCUT2D eigenvalue weighted by molar-refractivity contribution is 7.09. The molecule has 1 saturated heterocycles. The number of hydrogen-bond donors (Lipinski definition) is 1. The van der Waals surface area contributed by atoms with Gasteiger partial charge in [0.15, 0.2) is 0 Å². The second-order valence-electron chi connectivity index (χ2n) is 7.00. The van der Waals surface area contributed by atoms with Crippen molar-refractivity contribution in [2.75, 3.05) is 18.5 Å². The summed E-state index contributed by atoms with van der Waals surface area (Å²) in [5.74, 6) is 0.569. The number of hydrogen-bond acceptors (Lipinski definition) is 6. The van der Waals surface area contributed by atoms with Crippen LogP contribution in [0.25, 0.3) is 0 Å². The Bertz CT molecular complexity index is 974. The fraction of sp³-hybridized carbons (Fsp3) is 0.333. The van der Waals surface area contributed by atoms with Crippen molar-refractivity contribution in [2.45, 2.75) is 31.8 Å². The maximum absolute atomic E-state index is 12.8. The van der Waals surface area contributed by atoms with E-state index in [0.29, 0.717) is 5.69 Å². The maximum atomic E-state index is 12.8. The summed E-state index contributed by atoms with van der Waals surface area (Å²) >= 11 is 1.58. The number of likely N-dealkylation sites (tertiary alicyclic amines) is 1. The van der Waals surface area contributed by atoms with Gasteiger partial charge in [0.25, 0.3) is 0 Å². The Hall–Kier alpha value is -3.20. The zero-order valence-corrected chi connectivity index (χ0v) is 17.3. The van der Waals surface area contributed by atoms with Gasteiger partial charge in [-0.15, -0.1) is 11.3 Å². The SMILES string of the molecule is O=C(CCOc1ccccc1)Nc1cnn(CC(=O)N2CCCC2c2nccs2)c1. The van der Waals surface area contributed by atoms with E-state index in [1.807, 2.05) is 40.6 Å². The number of nitrogens with zero attached hydrogens (tertiary/aromatic N) is 4. The molecule has 0 spiro atoms. The van der Waals surface area contributed by atoms with Crippen molar-refractivity contribution in [3.05, 3.63) is 59.3 Å². The van der Waals surface area contributed by atoms with Gasteiger partial charge in [-0.1, -0.05) is 18.2 Å². The van der Waals surface area contributed by atoms with Gasteiger partial charge in [-0.2, -0.15) is 5.10 Å². The van der Waals surface area contributed by atoms with Crippen LogP contribution in [0, 0.1) is 0 Å². The van der Waals surface area contributed by atoms with Crippen LogP contribution in [0.3, 0.4) is 0 Å². The highest BCUT2D eigenvalue weighted by Gasteiger charge is 2.31. The third-order valence-electron chi connectivity index (χ3n) is 4.86. The standard InChI is InChI=1S/C21H23N5O3S/c27-19(8-11-29-17-5-2-1-3-6-17)24-16-13-23-25(14-16)15-20(28)26-10-4-7-18(26)21-22-9-12-30-21/h1-3,5-6,9,12-14,18H,4,7-8,10-11,15H2,(H,24,27). The van der Waals surface area contributed by atoms with Crippen molar-refractivity contribution >= 4 is 28.8 Å². The monoisotopic (exact) mass is 425 g/mol. The minimum absolute atomic E-state index is 0.00457. The van der Waals surface area contributed by atoms with Gasteiger partial charge in [0.05, 0.1) is 31.0 Å². The third kappa shape index (κ3) is 5.04. The van der Waals surface area contributed by atoms with Crippen LogP contribution in [0.5, 0.6) is 5.75 Å². The number of amides is 2. The van der Waals surface area contributed by atoms with E-state index in [1.165, 1.54) is 0 Å². The molecule has 30 heavy (non-hydrogen) atoms. The summed E-state index contributed by atoms with van der Waals surface area (Å²) in [6.45, 7) is 1.15. The van der Waals surface area contributed by atoms with Crippen molar-refractivity contribution in [1.29, 1.82) is 0 Å². The van der Waals surface area contributed by atoms with Gasteiger partial charge in [-0.05, 0) is 25.0 Å². The number of para-hydroxylation sites is 1. The summed E-state index contributed by atoms with van der Waals surface area (Å²) < 4.78 is 7.08. The first kappa shape index (κ1) is 20.1. The summed E-state index contributed by atoms with van der Waals surface area (Å²) in [7, 11) is 0. The number of benzene rings is 1. The van der Waals surface area contributed by atoms with E-state index in [0.717, 1.165) is 30.1 Å². The molecular weight excluding hydrogens is 402 g/mol. The Morgan fingerprint density at radius 3 is 2.93 bits per heavy atom. The first-order valence-electron chi connectivity index (χ1n) is 9.88. The molecule has 3 heterocycles. The largest absolute Gasteiger partial charge is 0.493 e. The number of carbonyl (C=O) groups is 2. The molecule has 1 fully saturated rings. The van der Waals surface area contributed by atoms with Crippen LogP contribution in [0.4, 0.5) is 5.69 Å². The van der Waals surface area contributed by atoms with Gasteiger partial charge in [0, 0.05) is 24.3 Å². The van der Waals surface area contributed by atoms with Crippen LogP contribution in [0.15, 0.2) is 54.3 Å². The minimum Gasteiger partial charge on any atom is -0.493 e. The summed E-state index contributed by atoms with van der Waals surface area (Å²) in [6, 6.07) is 9.41. The summed E-state index contributed by atoms with van der Waals surface area (Å²) in [5, 5.41) is 9.91. The second kappa shape index (κ2) is 9.53. The molecule has 2 aromatic heterocycles. The third-order valence-corrected chi connectivity index (χ3v) is 5.74. The van der Waals surface area contributed by atoms with Gasteiger partial charge < -0.3 is 15.0 Å². The molecule has 0 radical (unpaired) electrons. The predicted molar refractivity (Wildman–Crippen MR) is 113 cm³/mol. The van der Waals surface area contributed by atoms with Crippen LogP contribution in [0.1, 0.15) is 30.3 Å². The number of thiazole rings is 1. The molecule has 9 heteroatoms. The predicted octanol–water partition coefficient (Wildman–Crippen LogP) is 3.11. The van der Waals surface area contributed by atoms with Gasteiger partial charge in [0.1, 0.15) is 17.3 Å². The Morgan fingerprint density at radius 2 is 2.13 bits per heavy atom. The van der Waals surface area contributed by atoms with Crippen molar-refractivity contribution in [3.63, 3.8) is 0 Å². The van der Waals surface area contributed by atoms with Crippen LogP contribution in [-0.2, 0) is 16.1 Å². The lowest BCUT2D eigenvalue weighted by molar-refractivity contribution is -0.133. The molecule has 1 atom stereocenters. The van der Waals surface area contributed by atoms with Crippen molar-refractivity contribution in [1.82, 2.24) is 19.7 Å². The number of anilines is 1. The van der Waals surface area contributed by atoms with E-state index in [1.54, 1.807) is 34.6 Å². The van der Waals surface area contributed by atoms with Gasteiger partial charge >= 0.3 is 0 Å². The van der Waals surface area contributed by atoms with Gasteiger partial charge in [-0.25, -0.2) is 4.98 Å². The number of carbonyl (C=O) groups excluding carboxylic acids is 2. The van der Waals surface area contributed by atoms with Gasteiger partial charge in [0.2, 0.25) is 11.8 Å². The fourth-order valence-corrected chi connectivity index (χ4v) is 4.25. The Morgan fingerprint density at radius 1 is 1.27 bits per heavy atom. The number of rotatable bonds is 8. The molecular formula is C21H23N5O3S. The summed E-state index contributed by atoms with van der Waals surface area (Å²) in [5.41, 5.74) is 0.561. The first-order valence-corrected chi connectivity index (χ1v) is 10.8. The molecule has 4 rings (SSSR count). The molecule has 156 valence electrons. The van der Waals surface area contributed by atoms with Crippen molar-refractivity contribution < 1.29 is 14.3 Å². The lowest BCUT2D eigenvalue weighted by atomic mass is 10.2. The average Bonchev–Trinajstić information content (AvgIpc) is 3.50. The van der Waals surface area contributed by atoms with Crippen molar-refractivity contribution in [3.8, 4) is 5.75 Å². The summed E-state index contributed by atoms with van der Waals surface area (Å²) in [4.78, 5) is 31.1. The number of nitrogens with one attached hydrogen (secondary N) is 1. The molecule has 8 nitrogen and oxygen atoms in total. The Labute approximate surface area is 178 Å². The lowest BCUT2D eigenvalue weighted by Gasteiger charge is -2.23. The number of aromatic nitrogens is 3. The topological polar surface area (TPSA) is 89.3 Å². The van der Waals surface area contributed by atoms with E-state index in [2.05, 4.69) is 15.4 Å². The maximum Gasteiger partial charge on any atom is 0.244 e. The molecule has 2 amide bonds. The fourth-order valence-electron chi connectivity index (χ4n) is 3.47. The number of ether oxygens (including phenoxy) is 1. The molecule has 3 aromatic rings. The summed E-state index contributed by atoms with van der Waals surface area (Å²) in [6.07, 6.45) is 7.12. The van der Waals surface area contributed by atoms with Crippen LogP contribution in [-0.4, -0.2) is 44.6 Å². The van der Waals surface area contributed by atoms with E-state index in [9.17, 15) is 9.59 Å². The normalized spacial score (nSPS) is 15.9. The lowest BCUT2D eigenvalue weighted by Crippen LogP contribution is -2.33. The van der Waals surface area contributed by atoms with Crippen LogP contribution < -0.4 is 10.1 Å². The zero-order valence-electron chi connectivity index (χ0n) is 16.4. The molecule has 1 unspecified atom stereocenters. The first-order chi connectivity index (χ1) is 14.7. The molecule has 1 aromatic carbocycles. The molecule has 0 aliphatic carbocycles. The van der Waals surface area contributed by atoms with E-state index in [-0.39, 0.29) is 37.4 Å². The Balaban J connectivity index is 1.25. The highest BCUT2D eigenvalue weighted by Crippen LogP contribution is 2.33. The van der Waals surface area contributed by atoms with Crippen molar-refractivity contribution in [2.24, 2.45) is 0 Å². The van der Waals surface area contributed by atoms with Crippen LogP contribution in [0.2, 0.25) is 0 Å². The van der Waals surface area contributed by atoms with Crippen LogP contribution >= 0.6 is 11.3 Å². The van der Waals surface area contributed by atoms with Gasteiger partial charge in [-0.3, -0.25) is 14.3 Å². The average molecular weight is 426 g/mol. The van der Waals surface area contributed by atoms with E-state index in [4.69, 9.17) is 4.74 Å². The molecule has 0 bridgehead atoms. The zero-order chi connectivity index (χ0) is 20.8. The quantitative estimate of drug-likeness (QED) is 0.599.